The summed E-state index contributed by atoms with van der Waals surface area (Å²) < 4.78 is 40.6. The second-order valence-corrected chi connectivity index (χ2v) is 9.05. The summed E-state index contributed by atoms with van der Waals surface area (Å²) in [5, 5.41) is 3.13. The number of rotatable bonds is 5. The first-order valence-electron chi connectivity index (χ1n) is 9.26. The highest BCUT2D eigenvalue weighted by Crippen LogP contribution is 2.32. The molecule has 2 aromatic heterocycles. The molecular weight excluding hydrogens is 421 g/mol. The molecule has 4 aromatic rings. The van der Waals surface area contributed by atoms with Gasteiger partial charge in [0.2, 0.25) is 0 Å². The molecular formula is C20H20FN7O2S. The number of para-hydroxylation sites is 1. The quantitative estimate of drug-likeness (QED) is 0.429. The van der Waals surface area contributed by atoms with Crippen LogP contribution in [0.1, 0.15) is 18.8 Å². The van der Waals surface area contributed by atoms with Gasteiger partial charge in [0.1, 0.15) is 23.7 Å². The van der Waals surface area contributed by atoms with Crippen molar-refractivity contribution in [2.24, 2.45) is 0 Å². The Bertz CT molecular complexity index is 1400. The fraction of sp³-hybridized carbons (Fsp3) is 0.150. The van der Waals surface area contributed by atoms with Crippen LogP contribution in [-0.4, -0.2) is 34.2 Å². The molecule has 0 amide bonds. The summed E-state index contributed by atoms with van der Waals surface area (Å²) >= 11 is 0. The van der Waals surface area contributed by atoms with Gasteiger partial charge in [0.15, 0.2) is 21.5 Å². The fourth-order valence-electron chi connectivity index (χ4n) is 3.36. The molecule has 2 heterocycles. The van der Waals surface area contributed by atoms with Crippen LogP contribution >= 0.6 is 0 Å². The smallest absolute Gasteiger partial charge is 0.177 e. The van der Waals surface area contributed by atoms with Crippen molar-refractivity contribution in [1.29, 1.82) is 0 Å². The number of fused-ring (bicyclic) bond motifs is 1. The number of halogens is 1. The topological polar surface area (TPSA) is 142 Å². The lowest BCUT2D eigenvalue weighted by molar-refractivity contribution is 0.601. The fourth-order valence-corrected chi connectivity index (χ4v) is 4.22. The van der Waals surface area contributed by atoms with Crippen molar-refractivity contribution in [3.63, 3.8) is 0 Å². The summed E-state index contributed by atoms with van der Waals surface area (Å²) in [4.78, 5) is 12.7. The Hall–Kier alpha value is -3.73. The van der Waals surface area contributed by atoms with Crippen molar-refractivity contribution >= 4 is 38.2 Å². The number of anilines is 3. The lowest BCUT2D eigenvalue weighted by atomic mass is 10.2. The average Bonchev–Trinajstić information content (AvgIpc) is 3.09. The minimum absolute atomic E-state index is 0.0952. The van der Waals surface area contributed by atoms with Crippen LogP contribution in [0, 0.1) is 5.82 Å². The van der Waals surface area contributed by atoms with Crippen LogP contribution in [0.3, 0.4) is 0 Å². The summed E-state index contributed by atoms with van der Waals surface area (Å²) in [6, 6.07) is 10.1. The van der Waals surface area contributed by atoms with E-state index in [9.17, 15) is 12.8 Å². The van der Waals surface area contributed by atoms with Gasteiger partial charge in [0.25, 0.3) is 0 Å². The zero-order valence-corrected chi connectivity index (χ0v) is 17.6. The molecule has 0 saturated carbocycles. The van der Waals surface area contributed by atoms with Crippen LogP contribution in [0.5, 0.6) is 0 Å². The summed E-state index contributed by atoms with van der Waals surface area (Å²) in [5.74, 6) is 0.405. The van der Waals surface area contributed by atoms with E-state index in [0.717, 1.165) is 6.26 Å². The van der Waals surface area contributed by atoms with Crippen molar-refractivity contribution in [2.75, 3.05) is 23.0 Å². The molecule has 0 fully saturated rings. The third-order valence-electron chi connectivity index (χ3n) is 4.80. The van der Waals surface area contributed by atoms with E-state index < -0.39 is 21.7 Å². The molecule has 0 spiro atoms. The van der Waals surface area contributed by atoms with Crippen LogP contribution in [0.25, 0.3) is 16.7 Å². The molecule has 11 heteroatoms. The van der Waals surface area contributed by atoms with Gasteiger partial charge in [-0.3, -0.25) is 4.57 Å². The average molecular weight is 441 g/mol. The molecule has 0 radical (unpaired) electrons. The van der Waals surface area contributed by atoms with Gasteiger partial charge < -0.3 is 16.8 Å². The van der Waals surface area contributed by atoms with Crippen LogP contribution in [0.2, 0.25) is 0 Å². The molecule has 2 aromatic carbocycles. The van der Waals surface area contributed by atoms with E-state index in [0.29, 0.717) is 28.4 Å². The number of benzene rings is 2. The molecule has 31 heavy (non-hydrogen) atoms. The highest BCUT2D eigenvalue weighted by Gasteiger charge is 2.23. The molecule has 0 bridgehead atoms. The Labute approximate surface area is 177 Å². The van der Waals surface area contributed by atoms with Crippen molar-refractivity contribution in [3.05, 3.63) is 60.4 Å². The number of imidazole rings is 1. The van der Waals surface area contributed by atoms with Gasteiger partial charge in [-0.1, -0.05) is 12.1 Å². The molecule has 1 atom stereocenters. The first-order valence-corrected chi connectivity index (χ1v) is 11.2. The van der Waals surface area contributed by atoms with E-state index in [2.05, 4.69) is 20.3 Å². The number of hydrogen-bond acceptors (Lipinski definition) is 8. The molecule has 0 aliphatic carbocycles. The van der Waals surface area contributed by atoms with Crippen molar-refractivity contribution in [1.82, 2.24) is 19.5 Å². The first-order chi connectivity index (χ1) is 14.7. The minimum atomic E-state index is -3.57. The Kier molecular flexibility index (Phi) is 4.97. The molecule has 5 N–H and O–H groups in total. The van der Waals surface area contributed by atoms with Gasteiger partial charge in [0, 0.05) is 12.3 Å². The Morgan fingerprint density at radius 2 is 1.87 bits per heavy atom. The maximum atomic E-state index is 14.1. The van der Waals surface area contributed by atoms with E-state index in [4.69, 9.17) is 11.5 Å². The summed E-state index contributed by atoms with van der Waals surface area (Å²) in [7, 11) is -3.57. The minimum Gasteiger partial charge on any atom is -0.393 e. The standard InChI is InChI=1S/C20H20FN7O2S/c1-11(26-19-17(22)18(23)24-10-25-19)20-27-13-8-7-12(21)9-15(13)28(20)14-5-3-4-6-16(14)31(2,29)30/h3-11H,22H2,1-2H3,(H3,23,24,25,26)/t11-/m0/s1. The Balaban J connectivity index is 1.95. The maximum absolute atomic E-state index is 14.1. The summed E-state index contributed by atoms with van der Waals surface area (Å²) in [5.41, 5.74) is 13.2. The van der Waals surface area contributed by atoms with Gasteiger partial charge in [-0.25, -0.2) is 27.8 Å². The molecule has 0 aliphatic rings. The lowest BCUT2D eigenvalue weighted by Gasteiger charge is -2.19. The molecule has 9 nitrogen and oxygen atoms in total. The molecule has 0 saturated heterocycles. The second kappa shape index (κ2) is 7.51. The molecule has 0 aliphatic heterocycles. The maximum Gasteiger partial charge on any atom is 0.177 e. The lowest BCUT2D eigenvalue weighted by Crippen LogP contribution is -2.17. The van der Waals surface area contributed by atoms with Crippen molar-refractivity contribution in [2.45, 2.75) is 17.9 Å². The number of aromatic nitrogens is 4. The van der Waals surface area contributed by atoms with Crippen LogP contribution in [0.15, 0.2) is 53.7 Å². The molecule has 4 rings (SSSR count). The highest BCUT2D eigenvalue weighted by atomic mass is 32.2. The number of nitrogens with two attached hydrogens (primary N) is 2. The number of hydrogen-bond donors (Lipinski definition) is 3. The van der Waals surface area contributed by atoms with Gasteiger partial charge in [-0.2, -0.15) is 0 Å². The second-order valence-electron chi connectivity index (χ2n) is 7.07. The van der Waals surface area contributed by atoms with Gasteiger partial charge in [-0.15, -0.1) is 0 Å². The number of sulfone groups is 1. The molecule has 0 unspecified atom stereocenters. The monoisotopic (exact) mass is 441 g/mol. The third-order valence-corrected chi connectivity index (χ3v) is 5.95. The third kappa shape index (κ3) is 3.75. The van der Waals surface area contributed by atoms with Crippen LogP contribution < -0.4 is 16.8 Å². The predicted molar refractivity (Wildman–Crippen MR) is 117 cm³/mol. The van der Waals surface area contributed by atoms with E-state index >= 15 is 0 Å². The van der Waals surface area contributed by atoms with Crippen LogP contribution in [0.4, 0.5) is 21.7 Å². The summed E-state index contributed by atoms with van der Waals surface area (Å²) in [6.07, 6.45) is 2.40. The van der Waals surface area contributed by atoms with Crippen molar-refractivity contribution < 1.29 is 12.8 Å². The normalized spacial score (nSPS) is 12.7. The molecule has 160 valence electrons. The van der Waals surface area contributed by atoms with E-state index in [1.54, 1.807) is 29.7 Å². The predicted octanol–water partition coefficient (Wildman–Crippen LogP) is 2.70. The number of nitrogens with one attached hydrogen (secondary N) is 1. The van der Waals surface area contributed by atoms with Gasteiger partial charge in [-0.05, 0) is 31.2 Å². The number of nitrogens with zero attached hydrogens (tertiary/aromatic N) is 4. The van der Waals surface area contributed by atoms with Crippen molar-refractivity contribution in [3.8, 4) is 5.69 Å². The van der Waals surface area contributed by atoms with Gasteiger partial charge >= 0.3 is 0 Å². The highest BCUT2D eigenvalue weighted by molar-refractivity contribution is 7.90. The summed E-state index contributed by atoms with van der Waals surface area (Å²) in [6.45, 7) is 1.80. The largest absolute Gasteiger partial charge is 0.393 e. The Morgan fingerprint density at radius 3 is 2.61 bits per heavy atom. The van der Waals surface area contributed by atoms with E-state index in [1.807, 2.05) is 0 Å². The Morgan fingerprint density at radius 1 is 1.13 bits per heavy atom. The van der Waals surface area contributed by atoms with Gasteiger partial charge in [0.05, 0.1) is 27.7 Å². The SMILES string of the molecule is C[C@H](Nc1ncnc(N)c1N)c1nc2ccc(F)cc2n1-c1ccccc1S(C)(=O)=O. The number of nitrogen functional groups attached to an aromatic ring is 2. The first kappa shape index (κ1) is 20.5. The van der Waals surface area contributed by atoms with E-state index in [-0.39, 0.29) is 16.4 Å². The van der Waals surface area contributed by atoms with Crippen LogP contribution in [-0.2, 0) is 9.84 Å². The van der Waals surface area contributed by atoms with E-state index in [1.165, 1.54) is 30.6 Å². The zero-order chi connectivity index (χ0) is 22.3. The zero-order valence-electron chi connectivity index (χ0n) is 16.7.